The maximum Gasteiger partial charge on any atom is 0.573 e. The number of amides is 1. The maximum absolute atomic E-state index is 12.2. The third kappa shape index (κ3) is 4.73. The first-order valence-corrected chi connectivity index (χ1v) is 6.81. The third-order valence-corrected chi connectivity index (χ3v) is 3.42. The molecule has 0 unspecified atom stereocenters. The predicted molar refractivity (Wildman–Crippen MR) is 74.7 cm³/mol. The van der Waals surface area contributed by atoms with E-state index in [1.54, 1.807) is 12.2 Å². The highest BCUT2D eigenvalue weighted by molar-refractivity contribution is 5.95. The van der Waals surface area contributed by atoms with Crippen LogP contribution in [0.5, 0.6) is 5.75 Å². The average molecular weight is 329 g/mol. The highest BCUT2D eigenvalue weighted by Gasteiger charge is 2.34. The van der Waals surface area contributed by atoms with E-state index in [0.29, 0.717) is 0 Å². The quantitative estimate of drug-likeness (QED) is 0.832. The normalized spacial score (nSPS) is 20.8. The molecule has 0 bridgehead atoms. The number of halogens is 3. The number of benzene rings is 1. The van der Waals surface area contributed by atoms with Gasteiger partial charge in [0.25, 0.3) is 0 Å². The van der Waals surface area contributed by atoms with Crippen molar-refractivity contribution in [3.63, 3.8) is 0 Å². The zero-order chi connectivity index (χ0) is 17.0. The Morgan fingerprint density at radius 3 is 2.43 bits per heavy atom. The van der Waals surface area contributed by atoms with Crippen LogP contribution in [0.3, 0.4) is 0 Å². The summed E-state index contributed by atoms with van der Waals surface area (Å²) in [5, 5.41) is 11.6. The van der Waals surface area contributed by atoms with Crippen LogP contribution in [0.4, 0.5) is 18.9 Å². The number of carbonyl (C=O) groups is 2. The van der Waals surface area contributed by atoms with Crippen molar-refractivity contribution >= 4 is 17.6 Å². The second kappa shape index (κ2) is 6.72. The average Bonchev–Trinajstić information content (AvgIpc) is 2.45. The number of rotatable bonds is 4. The summed E-state index contributed by atoms with van der Waals surface area (Å²) in [7, 11) is 0. The molecule has 1 aromatic carbocycles. The van der Waals surface area contributed by atoms with Gasteiger partial charge in [0.05, 0.1) is 11.8 Å². The first kappa shape index (κ1) is 16.9. The molecule has 5 nitrogen and oxygen atoms in total. The van der Waals surface area contributed by atoms with Crippen LogP contribution in [0.25, 0.3) is 0 Å². The Balaban J connectivity index is 2.09. The molecular formula is C15H14F3NO4. The molecule has 0 fully saturated rings. The molecule has 23 heavy (non-hydrogen) atoms. The first-order chi connectivity index (χ1) is 10.8. The van der Waals surface area contributed by atoms with E-state index in [1.807, 2.05) is 0 Å². The molecule has 0 radical (unpaired) electrons. The number of nitrogens with one attached hydrogen (secondary N) is 1. The molecule has 1 amide bonds. The van der Waals surface area contributed by atoms with Crippen molar-refractivity contribution in [2.24, 2.45) is 11.8 Å². The summed E-state index contributed by atoms with van der Waals surface area (Å²) in [6, 6.07) is 4.83. The lowest BCUT2D eigenvalue weighted by Crippen LogP contribution is -2.34. The molecule has 0 saturated heterocycles. The Morgan fingerprint density at radius 2 is 1.83 bits per heavy atom. The molecule has 1 aliphatic carbocycles. The second-order valence-electron chi connectivity index (χ2n) is 5.06. The number of aliphatic carboxylic acids is 1. The van der Waals surface area contributed by atoms with E-state index in [0.717, 1.165) is 12.1 Å². The van der Waals surface area contributed by atoms with E-state index in [9.17, 15) is 22.8 Å². The molecule has 0 aromatic heterocycles. The summed E-state index contributed by atoms with van der Waals surface area (Å²) in [6.45, 7) is 0. The summed E-state index contributed by atoms with van der Waals surface area (Å²) in [5.74, 6) is -3.72. The van der Waals surface area contributed by atoms with Crippen molar-refractivity contribution in [2.75, 3.05) is 5.32 Å². The molecule has 8 heteroatoms. The lowest BCUT2D eigenvalue weighted by atomic mass is 9.82. The fraction of sp³-hybridized carbons (Fsp3) is 0.333. The van der Waals surface area contributed by atoms with Crippen LogP contribution in [0.2, 0.25) is 0 Å². The van der Waals surface area contributed by atoms with Crippen molar-refractivity contribution in [1.29, 1.82) is 0 Å². The molecular weight excluding hydrogens is 315 g/mol. The van der Waals surface area contributed by atoms with Crippen molar-refractivity contribution in [1.82, 2.24) is 0 Å². The van der Waals surface area contributed by atoms with Gasteiger partial charge in [0.15, 0.2) is 0 Å². The van der Waals surface area contributed by atoms with E-state index in [4.69, 9.17) is 5.11 Å². The van der Waals surface area contributed by atoms with Crippen LogP contribution in [-0.4, -0.2) is 23.3 Å². The minimum atomic E-state index is -4.83. The van der Waals surface area contributed by atoms with Gasteiger partial charge in [-0.15, -0.1) is 13.2 Å². The number of allylic oxidation sites excluding steroid dienone is 2. The smallest absolute Gasteiger partial charge is 0.481 e. The van der Waals surface area contributed by atoms with E-state index in [2.05, 4.69) is 10.1 Å². The number of alkyl halides is 3. The van der Waals surface area contributed by atoms with Crippen molar-refractivity contribution < 1.29 is 32.6 Å². The largest absolute Gasteiger partial charge is 0.573 e. The second-order valence-corrected chi connectivity index (χ2v) is 5.06. The molecule has 0 saturated carbocycles. The Bertz CT molecular complexity index is 627. The van der Waals surface area contributed by atoms with Gasteiger partial charge in [-0.3, -0.25) is 9.59 Å². The third-order valence-electron chi connectivity index (χ3n) is 3.42. The fourth-order valence-electron chi connectivity index (χ4n) is 2.38. The molecule has 1 aromatic rings. The monoisotopic (exact) mass is 329 g/mol. The Labute approximate surface area is 129 Å². The topological polar surface area (TPSA) is 75.6 Å². The Morgan fingerprint density at radius 1 is 1.17 bits per heavy atom. The van der Waals surface area contributed by atoms with Crippen LogP contribution >= 0.6 is 0 Å². The van der Waals surface area contributed by atoms with Gasteiger partial charge in [0.2, 0.25) is 5.91 Å². The van der Waals surface area contributed by atoms with E-state index < -0.39 is 35.8 Å². The summed E-state index contributed by atoms with van der Waals surface area (Å²) >= 11 is 0. The van der Waals surface area contributed by atoms with Crippen LogP contribution in [0.1, 0.15) is 12.8 Å². The van der Waals surface area contributed by atoms with Crippen molar-refractivity contribution in [3.8, 4) is 5.75 Å². The van der Waals surface area contributed by atoms with E-state index in [1.165, 1.54) is 12.1 Å². The van der Waals surface area contributed by atoms with Gasteiger partial charge in [-0.25, -0.2) is 0 Å². The summed E-state index contributed by atoms with van der Waals surface area (Å²) in [6.07, 6.45) is -0.912. The lowest BCUT2D eigenvalue weighted by molar-refractivity contribution is -0.274. The number of carbonyl (C=O) groups excluding carboxylic acids is 1. The van der Waals surface area contributed by atoms with Crippen LogP contribution in [-0.2, 0) is 9.59 Å². The van der Waals surface area contributed by atoms with Gasteiger partial charge in [-0.2, -0.15) is 0 Å². The van der Waals surface area contributed by atoms with Crippen LogP contribution < -0.4 is 10.1 Å². The van der Waals surface area contributed by atoms with Crippen LogP contribution in [0, 0.1) is 11.8 Å². The molecule has 1 aliphatic rings. The summed E-state index contributed by atoms with van der Waals surface area (Å²) in [5.41, 5.74) is 0.107. The highest BCUT2D eigenvalue weighted by Crippen LogP contribution is 2.29. The van der Waals surface area contributed by atoms with Gasteiger partial charge in [0, 0.05) is 11.8 Å². The standard InChI is InChI=1S/C15H14F3NO4/c16-15(17,18)23-10-5-3-4-9(8-10)19-13(20)11-6-1-2-7-12(11)14(21)22/h1-5,8,11-12H,6-7H2,(H,19,20)(H,21,22)/t11-,12-/m1/s1. The number of hydrogen-bond acceptors (Lipinski definition) is 3. The summed E-state index contributed by atoms with van der Waals surface area (Å²) in [4.78, 5) is 23.4. The summed E-state index contributed by atoms with van der Waals surface area (Å²) < 4.78 is 40.3. The number of ether oxygens (including phenoxy) is 1. The molecule has 0 aliphatic heterocycles. The van der Waals surface area contributed by atoms with Crippen molar-refractivity contribution in [3.05, 3.63) is 36.4 Å². The molecule has 0 heterocycles. The van der Waals surface area contributed by atoms with Gasteiger partial charge in [-0.05, 0) is 25.0 Å². The van der Waals surface area contributed by atoms with Gasteiger partial charge in [-0.1, -0.05) is 18.2 Å². The first-order valence-electron chi connectivity index (χ1n) is 6.81. The molecule has 2 atom stereocenters. The molecule has 2 rings (SSSR count). The van der Waals surface area contributed by atoms with Gasteiger partial charge >= 0.3 is 12.3 Å². The number of carboxylic acids is 1. The SMILES string of the molecule is O=C(O)[C@@H]1CC=CC[C@H]1C(=O)Nc1cccc(OC(F)(F)F)c1. The van der Waals surface area contributed by atoms with Gasteiger partial charge < -0.3 is 15.2 Å². The number of anilines is 1. The molecule has 0 spiro atoms. The molecule has 124 valence electrons. The van der Waals surface area contributed by atoms with Crippen molar-refractivity contribution in [2.45, 2.75) is 19.2 Å². The minimum absolute atomic E-state index is 0.107. The number of hydrogen-bond donors (Lipinski definition) is 2. The predicted octanol–water partition coefficient (Wildman–Crippen LogP) is 3.19. The lowest BCUT2D eigenvalue weighted by Gasteiger charge is -2.24. The number of carboxylic acid groups (broad SMARTS) is 1. The fourth-order valence-corrected chi connectivity index (χ4v) is 2.38. The van der Waals surface area contributed by atoms with Gasteiger partial charge in [0.1, 0.15) is 5.75 Å². The Kier molecular flexibility index (Phi) is 4.92. The highest BCUT2D eigenvalue weighted by atomic mass is 19.4. The van der Waals surface area contributed by atoms with Crippen LogP contribution in [0.15, 0.2) is 36.4 Å². The zero-order valence-electron chi connectivity index (χ0n) is 11.8. The van der Waals surface area contributed by atoms with E-state index in [-0.39, 0.29) is 18.5 Å². The maximum atomic E-state index is 12.2. The molecule has 2 N–H and O–H groups in total. The zero-order valence-corrected chi connectivity index (χ0v) is 11.8. The minimum Gasteiger partial charge on any atom is -0.481 e. The Hall–Kier alpha value is -2.51. The van der Waals surface area contributed by atoms with E-state index >= 15 is 0 Å².